The van der Waals surface area contributed by atoms with E-state index in [1.807, 2.05) is 6.08 Å². The first-order valence-corrected chi connectivity index (χ1v) is 6.77. The van der Waals surface area contributed by atoms with Gasteiger partial charge in [0.25, 0.3) is 5.56 Å². The molecule has 1 aliphatic carbocycles. The van der Waals surface area contributed by atoms with Crippen molar-refractivity contribution >= 4 is 5.57 Å². The average molecular weight is 263 g/mol. The Morgan fingerprint density at radius 3 is 3.05 bits per heavy atom. The summed E-state index contributed by atoms with van der Waals surface area (Å²) in [4.78, 5) is 18.5. The maximum atomic E-state index is 11.6. The van der Waals surface area contributed by atoms with Gasteiger partial charge in [0, 0.05) is 18.2 Å². The highest BCUT2D eigenvalue weighted by molar-refractivity contribution is 5.70. The van der Waals surface area contributed by atoms with Crippen LogP contribution < -0.4 is 10.9 Å². The highest BCUT2D eigenvalue weighted by Crippen LogP contribution is 2.21. The smallest absolute Gasteiger partial charge is 0.254 e. The van der Waals surface area contributed by atoms with E-state index in [2.05, 4.69) is 29.1 Å². The Morgan fingerprint density at radius 1 is 1.58 bits per heavy atom. The van der Waals surface area contributed by atoms with Gasteiger partial charge in [-0.15, -0.1) is 0 Å². The molecule has 0 bridgehead atoms. The highest BCUT2D eigenvalue weighted by atomic mass is 16.3. The molecule has 0 fully saturated rings. The monoisotopic (exact) mass is 263 g/mol. The van der Waals surface area contributed by atoms with Gasteiger partial charge in [0.15, 0.2) is 0 Å². The van der Waals surface area contributed by atoms with Gasteiger partial charge >= 0.3 is 0 Å². The zero-order chi connectivity index (χ0) is 13.8. The number of nitrogens with zero attached hydrogens (tertiary/aromatic N) is 1. The van der Waals surface area contributed by atoms with Crippen LogP contribution in [-0.2, 0) is 6.42 Å². The molecule has 0 spiro atoms. The van der Waals surface area contributed by atoms with Gasteiger partial charge in [-0.1, -0.05) is 26.3 Å². The maximum absolute atomic E-state index is 11.6. The van der Waals surface area contributed by atoms with E-state index in [-0.39, 0.29) is 18.2 Å². The fraction of sp³-hybridized carbons (Fsp3) is 0.571. The van der Waals surface area contributed by atoms with Crippen molar-refractivity contribution in [2.45, 2.75) is 32.7 Å². The van der Waals surface area contributed by atoms with Crippen molar-refractivity contribution in [1.29, 1.82) is 0 Å². The third kappa shape index (κ3) is 2.93. The molecule has 0 saturated heterocycles. The van der Waals surface area contributed by atoms with E-state index >= 15 is 0 Å². The van der Waals surface area contributed by atoms with Crippen LogP contribution in [0.15, 0.2) is 17.2 Å². The van der Waals surface area contributed by atoms with E-state index in [1.165, 1.54) is 6.33 Å². The topological polar surface area (TPSA) is 78.0 Å². The van der Waals surface area contributed by atoms with Crippen molar-refractivity contribution < 1.29 is 5.11 Å². The van der Waals surface area contributed by atoms with Gasteiger partial charge in [0.2, 0.25) is 0 Å². The van der Waals surface area contributed by atoms with Crippen LogP contribution in [0.1, 0.15) is 31.5 Å². The Bertz CT molecular complexity index is 522. The number of aliphatic hydroxyl groups excluding tert-OH is 1. The number of nitrogens with one attached hydrogen (secondary N) is 2. The number of hydrogen-bond donors (Lipinski definition) is 3. The van der Waals surface area contributed by atoms with Crippen molar-refractivity contribution in [1.82, 2.24) is 15.3 Å². The zero-order valence-electron chi connectivity index (χ0n) is 11.4. The van der Waals surface area contributed by atoms with Crippen LogP contribution >= 0.6 is 0 Å². The van der Waals surface area contributed by atoms with Gasteiger partial charge in [0.05, 0.1) is 18.6 Å². The van der Waals surface area contributed by atoms with E-state index in [0.29, 0.717) is 18.9 Å². The molecule has 0 aliphatic heterocycles. The number of allylic oxidation sites excluding steroid dienone is 1. The second-order valence-electron chi connectivity index (χ2n) is 5.05. The summed E-state index contributed by atoms with van der Waals surface area (Å²) in [5.41, 5.74) is 2.51. The number of H-pyrrole nitrogens is 1. The summed E-state index contributed by atoms with van der Waals surface area (Å²) < 4.78 is 0. The molecule has 104 valence electrons. The lowest BCUT2D eigenvalue weighted by atomic mass is 9.99. The second-order valence-corrected chi connectivity index (χ2v) is 5.05. The van der Waals surface area contributed by atoms with Gasteiger partial charge in [-0.05, 0) is 17.9 Å². The maximum Gasteiger partial charge on any atom is 0.254 e. The first-order valence-electron chi connectivity index (χ1n) is 6.77. The lowest BCUT2D eigenvalue weighted by molar-refractivity contribution is 0.206. The van der Waals surface area contributed by atoms with Gasteiger partial charge in [0.1, 0.15) is 0 Å². The molecule has 1 aromatic rings. The molecule has 3 N–H and O–H groups in total. The van der Waals surface area contributed by atoms with E-state index in [9.17, 15) is 9.90 Å². The molecule has 1 aliphatic rings. The quantitative estimate of drug-likeness (QED) is 0.706. The standard InChI is InChI=1S/C14H21N3O2/c1-3-9(2)12(7-18)15-6-10-4-5-11-13(10)16-8-17-14(11)19/h4,8-9,12,15,18H,3,5-7H2,1-2H3,(H,16,17,19)/t9-,12-/m0/s1. The number of aromatic nitrogens is 2. The normalized spacial score (nSPS) is 16.9. The number of aromatic amines is 1. The van der Waals surface area contributed by atoms with E-state index in [4.69, 9.17) is 0 Å². The minimum Gasteiger partial charge on any atom is -0.395 e. The molecule has 2 rings (SSSR count). The number of fused-ring (bicyclic) bond motifs is 1. The molecule has 5 nitrogen and oxygen atoms in total. The van der Waals surface area contributed by atoms with Crippen LogP contribution in [0.3, 0.4) is 0 Å². The Labute approximate surface area is 112 Å². The molecule has 1 heterocycles. The second kappa shape index (κ2) is 6.12. The third-order valence-corrected chi connectivity index (χ3v) is 3.89. The zero-order valence-corrected chi connectivity index (χ0v) is 11.4. The number of aliphatic hydroxyl groups is 1. The van der Waals surface area contributed by atoms with Gasteiger partial charge in [-0.2, -0.15) is 0 Å². The van der Waals surface area contributed by atoms with E-state index in [1.54, 1.807) is 0 Å². The summed E-state index contributed by atoms with van der Waals surface area (Å²) in [5, 5.41) is 12.7. The third-order valence-electron chi connectivity index (χ3n) is 3.89. The fourth-order valence-corrected chi connectivity index (χ4v) is 2.34. The first kappa shape index (κ1) is 14.0. The van der Waals surface area contributed by atoms with Crippen LogP contribution in [0.2, 0.25) is 0 Å². The van der Waals surface area contributed by atoms with Crippen LogP contribution in [0.25, 0.3) is 5.57 Å². The van der Waals surface area contributed by atoms with Gasteiger partial charge in [-0.3, -0.25) is 4.79 Å². The molecular formula is C14H21N3O2. The number of hydrogen-bond acceptors (Lipinski definition) is 4. The van der Waals surface area contributed by atoms with Crippen molar-refractivity contribution in [3.63, 3.8) is 0 Å². The lowest BCUT2D eigenvalue weighted by Gasteiger charge is -2.22. The summed E-state index contributed by atoms with van der Waals surface area (Å²) >= 11 is 0. The van der Waals surface area contributed by atoms with Crippen LogP contribution in [0, 0.1) is 5.92 Å². The molecule has 1 aromatic heterocycles. The largest absolute Gasteiger partial charge is 0.395 e. The molecule has 0 unspecified atom stereocenters. The minimum absolute atomic E-state index is 0.0584. The van der Waals surface area contributed by atoms with Gasteiger partial charge in [-0.25, -0.2) is 4.98 Å². The predicted molar refractivity (Wildman–Crippen MR) is 74.9 cm³/mol. The molecule has 0 amide bonds. The van der Waals surface area contributed by atoms with E-state index < -0.39 is 0 Å². The first-order chi connectivity index (χ1) is 9.17. The molecule has 2 atom stereocenters. The average Bonchev–Trinajstić information content (AvgIpc) is 2.84. The Kier molecular flexibility index (Phi) is 4.50. The predicted octanol–water partition coefficient (Wildman–Crippen LogP) is 0.706. The van der Waals surface area contributed by atoms with E-state index in [0.717, 1.165) is 23.3 Å². The summed E-state index contributed by atoms with van der Waals surface area (Å²) in [5.74, 6) is 0.415. The molecule has 0 saturated carbocycles. The summed E-state index contributed by atoms with van der Waals surface area (Å²) in [6.45, 7) is 4.99. The molecule has 0 radical (unpaired) electrons. The van der Waals surface area contributed by atoms with Gasteiger partial charge < -0.3 is 15.4 Å². The van der Waals surface area contributed by atoms with Crippen LogP contribution in [0.4, 0.5) is 0 Å². The summed E-state index contributed by atoms with van der Waals surface area (Å²) in [7, 11) is 0. The SMILES string of the molecule is CC[C@H](C)[C@H](CO)NCC1=CCc2c1nc[nH]c2=O. The van der Waals surface area contributed by atoms with Crippen molar-refractivity contribution in [2.24, 2.45) is 5.92 Å². The number of rotatable bonds is 6. The van der Waals surface area contributed by atoms with Crippen LogP contribution in [0.5, 0.6) is 0 Å². The summed E-state index contributed by atoms with van der Waals surface area (Å²) in [6.07, 6.45) is 5.14. The molecule has 19 heavy (non-hydrogen) atoms. The van der Waals surface area contributed by atoms with Crippen molar-refractivity contribution in [3.05, 3.63) is 34.0 Å². The highest BCUT2D eigenvalue weighted by Gasteiger charge is 2.20. The Hall–Kier alpha value is -1.46. The van der Waals surface area contributed by atoms with Crippen LogP contribution in [-0.4, -0.2) is 34.3 Å². The molecular weight excluding hydrogens is 242 g/mol. The molecule has 0 aromatic carbocycles. The van der Waals surface area contributed by atoms with Crippen molar-refractivity contribution in [3.8, 4) is 0 Å². The lowest BCUT2D eigenvalue weighted by Crippen LogP contribution is -2.38. The molecule has 5 heteroatoms. The van der Waals surface area contributed by atoms with Crippen molar-refractivity contribution in [2.75, 3.05) is 13.2 Å². The minimum atomic E-state index is -0.0584. The Morgan fingerprint density at radius 2 is 2.37 bits per heavy atom. The summed E-state index contributed by atoms with van der Waals surface area (Å²) in [6, 6.07) is 0.0805. The fourth-order valence-electron chi connectivity index (χ4n) is 2.34. The Balaban J connectivity index is 2.03.